The van der Waals surface area contributed by atoms with Crippen LogP contribution in [0.15, 0.2) is 48.1 Å². The second-order valence-corrected chi connectivity index (χ2v) is 9.11. The zero-order valence-electron chi connectivity index (χ0n) is 17.6. The fraction of sp³-hybridized carbons (Fsp3) is 0.560. The Labute approximate surface area is 174 Å². The fourth-order valence-corrected chi connectivity index (χ4v) is 5.00. The first-order valence-corrected chi connectivity index (χ1v) is 10.9. The molecule has 0 heterocycles. The van der Waals surface area contributed by atoms with Crippen molar-refractivity contribution < 1.29 is 20.1 Å². The molecule has 0 aromatic heterocycles. The topological polar surface area (TPSA) is 77.8 Å². The molecule has 0 bridgehead atoms. The highest BCUT2D eigenvalue weighted by Gasteiger charge is 2.43. The predicted molar refractivity (Wildman–Crippen MR) is 115 cm³/mol. The van der Waals surface area contributed by atoms with Gasteiger partial charge in [-0.2, -0.15) is 0 Å². The van der Waals surface area contributed by atoms with Crippen LogP contribution in [-0.2, 0) is 6.42 Å². The van der Waals surface area contributed by atoms with Crippen molar-refractivity contribution in [3.63, 3.8) is 0 Å². The molecule has 5 atom stereocenters. The highest BCUT2D eigenvalue weighted by Crippen LogP contribution is 2.48. The molecule has 1 saturated carbocycles. The van der Waals surface area contributed by atoms with Crippen molar-refractivity contribution >= 4 is 5.97 Å². The van der Waals surface area contributed by atoms with Crippen LogP contribution in [-0.4, -0.2) is 33.0 Å². The van der Waals surface area contributed by atoms with E-state index in [-0.39, 0.29) is 12.0 Å². The van der Waals surface area contributed by atoms with E-state index in [1.54, 1.807) is 12.1 Å². The maximum absolute atomic E-state index is 11.5. The maximum Gasteiger partial charge on any atom is 0.335 e. The van der Waals surface area contributed by atoms with Crippen LogP contribution in [0.4, 0.5) is 0 Å². The average Bonchev–Trinajstić information content (AvgIpc) is 3.17. The van der Waals surface area contributed by atoms with E-state index in [0.29, 0.717) is 30.2 Å². The zero-order chi connectivity index (χ0) is 21.0. The molecular weight excluding hydrogens is 364 g/mol. The lowest BCUT2D eigenvalue weighted by molar-refractivity contribution is 0.0513. The van der Waals surface area contributed by atoms with E-state index in [4.69, 9.17) is 0 Å². The Kier molecular flexibility index (Phi) is 6.97. The van der Waals surface area contributed by atoms with Crippen LogP contribution >= 0.6 is 0 Å². The Balaban J connectivity index is 1.62. The molecule has 4 nitrogen and oxygen atoms in total. The van der Waals surface area contributed by atoms with E-state index in [0.717, 1.165) is 37.7 Å². The molecule has 2 aliphatic rings. The number of fused-ring (bicyclic) bond motifs is 1. The minimum atomic E-state index is -0.884. The molecule has 0 unspecified atom stereocenters. The number of hydrogen-bond donors (Lipinski definition) is 3. The molecule has 4 heteroatoms. The summed E-state index contributed by atoms with van der Waals surface area (Å²) in [5.74, 6) is -0.0581. The zero-order valence-corrected chi connectivity index (χ0v) is 17.6. The van der Waals surface area contributed by atoms with Gasteiger partial charge < -0.3 is 15.3 Å². The average molecular weight is 399 g/mol. The smallest absolute Gasteiger partial charge is 0.335 e. The summed E-state index contributed by atoms with van der Waals surface area (Å²) >= 11 is 0. The molecule has 158 valence electrons. The van der Waals surface area contributed by atoms with Crippen LogP contribution in [0.2, 0.25) is 0 Å². The SMILES string of the molecule is CCCC[C@@](C)(O)C/C=C/[C@H]1[C@H]2CC(Cc3ccccc3C(=O)O)=C[C@H]2C[C@H]1O. The van der Waals surface area contributed by atoms with E-state index < -0.39 is 11.6 Å². The Morgan fingerprint density at radius 2 is 2.07 bits per heavy atom. The summed E-state index contributed by atoms with van der Waals surface area (Å²) in [6, 6.07) is 7.20. The lowest BCUT2D eigenvalue weighted by Crippen LogP contribution is -2.23. The van der Waals surface area contributed by atoms with Crippen molar-refractivity contribution in [3.8, 4) is 0 Å². The molecule has 0 amide bonds. The van der Waals surface area contributed by atoms with Gasteiger partial charge in [-0.15, -0.1) is 0 Å². The molecule has 0 radical (unpaired) electrons. The third-order valence-corrected chi connectivity index (χ3v) is 6.60. The number of aliphatic hydroxyl groups excluding tert-OH is 1. The summed E-state index contributed by atoms with van der Waals surface area (Å²) in [5, 5.41) is 30.4. The minimum Gasteiger partial charge on any atom is -0.478 e. The van der Waals surface area contributed by atoms with Gasteiger partial charge in [0.05, 0.1) is 17.3 Å². The Morgan fingerprint density at radius 3 is 2.79 bits per heavy atom. The van der Waals surface area contributed by atoms with Gasteiger partial charge in [-0.05, 0) is 62.5 Å². The first-order chi connectivity index (χ1) is 13.8. The molecule has 3 N–H and O–H groups in total. The van der Waals surface area contributed by atoms with Crippen molar-refractivity contribution in [1.29, 1.82) is 0 Å². The number of benzene rings is 1. The third kappa shape index (κ3) is 5.37. The van der Waals surface area contributed by atoms with Crippen LogP contribution in [0.1, 0.15) is 68.3 Å². The van der Waals surface area contributed by atoms with Crippen LogP contribution in [0.3, 0.4) is 0 Å². The molecule has 2 aliphatic carbocycles. The molecule has 1 aromatic carbocycles. The van der Waals surface area contributed by atoms with Gasteiger partial charge in [-0.25, -0.2) is 4.79 Å². The molecule has 1 fully saturated rings. The van der Waals surface area contributed by atoms with E-state index in [1.807, 2.05) is 25.1 Å². The minimum absolute atomic E-state index is 0.102. The number of unbranched alkanes of at least 4 members (excludes halogenated alkanes) is 1. The van der Waals surface area contributed by atoms with Crippen LogP contribution < -0.4 is 0 Å². The predicted octanol–water partition coefficient (Wildman–Crippen LogP) is 4.76. The summed E-state index contributed by atoms with van der Waals surface area (Å²) in [5.41, 5.74) is 1.81. The highest BCUT2D eigenvalue weighted by molar-refractivity contribution is 5.89. The largest absolute Gasteiger partial charge is 0.478 e. The van der Waals surface area contributed by atoms with Gasteiger partial charge in [0.1, 0.15) is 0 Å². The lowest BCUT2D eigenvalue weighted by atomic mass is 9.87. The third-order valence-electron chi connectivity index (χ3n) is 6.60. The Morgan fingerprint density at radius 1 is 1.31 bits per heavy atom. The van der Waals surface area contributed by atoms with Crippen LogP contribution in [0, 0.1) is 17.8 Å². The Bertz CT molecular complexity index is 777. The number of hydrogen-bond acceptors (Lipinski definition) is 3. The lowest BCUT2D eigenvalue weighted by Gasteiger charge is -2.22. The highest BCUT2D eigenvalue weighted by atomic mass is 16.4. The molecule has 1 aromatic rings. The normalized spacial score (nSPS) is 28.3. The monoisotopic (exact) mass is 398 g/mol. The quantitative estimate of drug-likeness (QED) is 0.524. The van der Waals surface area contributed by atoms with Crippen molar-refractivity contribution in [3.05, 3.63) is 59.2 Å². The standard InChI is InChI=1S/C25H34O4/c1-3-4-11-25(2,29)12-7-10-21-22-15-17(14-19(22)16-23(21)26)13-18-8-5-6-9-20(18)24(27)28/h5-10,14,19,21-23,26,29H,3-4,11-13,15-16H2,1-2H3,(H,27,28)/b10-7+/t19-,21-,22-,23+,25+/m0/s1. The second-order valence-electron chi connectivity index (χ2n) is 9.11. The summed E-state index contributed by atoms with van der Waals surface area (Å²) in [6.07, 6.45) is 11.9. The number of carboxylic acids is 1. The van der Waals surface area contributed by atoms with Crippen molar-refractivity contribution in [2.75, 3.05) is 0 Å². The summed E-state index contributed by atoms with van der Waals surface area (Å²) in [4.78, 5) is 11.5. The number of carboxylic acid groups (broad SMARTS) is 1. The number of allylic oxidation sites excluding steroid dienone is 2. The Hall–Kier alpha value is -1.91. The van der Waals surface area contributed by atoms with Crippen LogP contribution in [0.25, 0.3) is 0 Å². The van der Waals surface area contributed by atoms with Gasteiger partial charge in [0.15, 0.2) is 0 Å². The summed E-state index contributed by atoms with van der Waals surface area (Å²) in [7, 11) is 0. The molecule has 0 spiro atoms. The first kappa shape index (κ1) is 21.8. The molecule has 0 aliphatic heterocycles. The molecule has 3 rings (SSSR count). The van der Waals surface area contributed by atoms with Crippen LogP contribution in [0.5, 0.6) is 0 Å². The van der Waals surface area contributed by atoms with E-state index in [9.17, 15) is 20.1 Å². The number of aliphatic hydroxyl groups is 2. The van der Waals surface area contributed by atoms with Gasteiger partial charge in [0.2, 0.25) is 0 Å². The summed E-state index contributed by atoms with van der Waals surface area (Å²) < 4.78 is 0. The second kappa shape index (κ2) is 9.27. The fourth-order valence-electron chi connectivity index (χ4n) is 5.00. The number of aromatic carboxylic acids is 1. The number of rotatable bonds is 9. The number of carbonyl (C=O) groups is 1. The van der Waals surface area contributed by atoms with Gasteiger partial charge >= 0.3 is 5.97 Å². The van der Waals surface area contributed by atoms with E-state index in [2.05, 4.69) is 19.1 Å². The molecular formula is C25H34O4. The molecule has 29 heavy (non-hydrogen) atoms. The van der Waals surface area contributed by atoms with Gasteiger partial charge in [0.25, 0.3) is 0 Å². The van der Waals surface area contributed by atoms with Crippen molar-refractivity contribution in [2.24, 2.45) is 17.8 Å². The van der Waals surface area contributed by atoms with Gasteiger partial charge in [-0.1, -0.05) is 61.8 Å². The van der Waals surface area contributed by atoms with E-state index >= 15 is 0 Å². The van der Waals surface area contributed by atoms with Crippen molar-refractivity contribution in [2.45, 2.75) is 70.5 Å². The summed E-state index contributed by atoms with van der Waals surface area (Å²) in [6.45, 7) is 4.01. The van der Waals surface area contributed by atoms with E-state index in [1.165, 1.54) is 5.57 Å². The van der Waals surface area contributed by atoms with Crippen molar-refractivity contribution in [1.82, 2.24) is 0 Å². The molecule has 0 saturated heterocycles. The van der Waals surface area contributed by atoms with Gasteiger partial charge in [0, 0.05) is 5.92 Å². The van der Waals surface area contributed by atoms with Gasteiger partial charge in [-0.3, -0.25) is 0 Å². The maximum atomic E-state index is 11.5. The first-order valence-electron chi connectivity index (χ1n) is 10.9.